The summed E-state index contributed by atoms with van der Waals surface area (Å²) >= 11 is 0. The first kappa shape index (κ1) is 20.7. The molecular weight excluding hydrogens is 398 g/mol. The molecule has 162 valence electrons. The van der Waals surface area contributed by atoms with Crippen molar-refractivity contribution in [2.75, 3.05) is 41.0 Å². The molecule has 1 amide bonds. The second-order valence-corrected chi connectivity index (χ2v) is 7.40. The molecule has 8 nitrogen and oxygen atoms in total. The Labute approximate surface area is 180 Å². The summed E-state index contributed by atoms with van der Waals surface area (Å²) in [6.07, 6.45) is 0. The van der Waals surface area contributed by atoms with Gasteiger partial charge < -0.3 is 29.0 Å². The molecule has 31 heavy (non-hydrogen) atoms. The van der Waals surface area contributed by atoms with Gasteiger partial charge in [-0.05, 0) is 50.0 Å². The Balaban J connectivity index is 1.43. The van der Waals surface area contributed by atoms with Crippen LogP contribution in [0.1, 0.15) is 22.1 Å². The fourth-order valence-corrected chi connectivity index (χ4v) is 3.42. The predicted molar refractivity (Wildman–Crippen MR) is 115 cm³/mol. The molecule has 0 saturated carbocycles. The number of hydrogen-bond donors (Lipinski definition) is 1. The molecular formula is C23H25N3O5. The molecule has 0 aliphatic carbocycles. The van der Waals surface area contributed by atoms with Crippen LogP contribution in [0.25, 0.3) is 11.3 Å². The van der Waals surface area contributed by atoms with Crippen molar-refractivity contribution in [2.24, 2.45) is 0 Å². The lowest BCUT2D eigenvalue weighted by Gasteiger charge is -2.25. The van der Waals surface area contributed by atoms with Crippen LogP contribution < -0.4 is 19.5 Å². The summed E-state index contributed by atoms with van der Waals surface area (Å²) in [4.78, 5) is 14.7. The van der Waals surface area contributed by atoms with Crippen LogP contribution in [0, 0.1) is 0 Å². The Morgan fingerprint density at radius 1 is 1.10 bits per heavy atom. The first-order valence-electron chi connectivity index (χ1n) is 10.0. The van der Waals surface area contributed by atoms with Gasteiger partial charge in [-0.1, -0.05) is 17.3 Å². The maximum absolute atomic E-state index is 12.7. The van der Waals surface area contributed by atoms with E-state index in [0.717, 1.165) is 16.9 Å². The highest BCUT2D eigenvalue weighted by Crippen LogP contribution is 2.34. The first-order valence-corrected chi connectivity index (χ1v) is 10.0. The highest BCUT2D eigenvalue weighted by Gasteiger charge is 2.20. The van der Waals surface area contributed by atoms with Crippen LogP contribution >= 0.6 is 0 Å². The minimum atomic E-state index is -0.298. The SMILES string of the molecule is COc1ccc(C(CNC(=O)c2cc(-c3ccc4c(c3)OCCO4)on2)N(C)C)cc1. The molecule has 1 N–H and O–H groups in total. The average Bonchev–Trinajstić information content (AvgIpc) is 3.29. The molecule has 1 aromatic heterocycles. The molecule has 0 bridgehead atoms. The molecule has 1 aliphatic heterocycles. The van der Waals surface area contributed by atoms with E-state index in [1.807, 2.05) is 61.5 Å². The van der Waals surface area contributed by atoms with Gasteiger partial charge in [-0.3, -0.25) is 4.79 Å². The topological polar surface area (TPSA) is 86.1 Å². The van der Waals surface area contributed by atoms with Gasteiger partial charge >= 0.3 is 0 Å². The summed E-state index contributed by atoms with van der Waals surface area (Å²) in [6, 6.07) is 14.9. The van der Waals surface area contributed by atoms with Crippen LogP contribution in [0.4, 0.5) is 0 Å². The summed E-state index contributed by atoms with van der Waals surface area (Å²) in [5.41, 5.74) is 2.06. The third kappa shape index (κ3) is 4.64. The van der Waals surface area contributed by atoms with E-state index >= 15 is 0 Å². The summed E-state index contributed by atoms with van der Waals surface area (Å²) in [6.45, 7) is 1.45. The standard InChI is InChI=1S/C23H25N3O5/c1-26(2)19(15-4-7-17(28-3)8-5-15)14-24-23(27)18-13-21(31-25-18)16-6-9-20-22(12-16)30-11-10-29-20/h4-9,12-13,19H,10-11,14H2,1-3H3,(H,24,27). The fraction of sp³-hybridized carbons (Fsp3) is 0.304. The van der Waals surface area contributed by atoms with Crippen LogP contribution in [0.2, 0.25) is 0 Å². The van der Waals surface area contributed by atoms with Crippen LogP contribution in [-0.4, -0.2) is 56.9 Å². The first-order chi connectivity index (χ1) is 15.0. The van der Waals surface area contributed by atoms with Gasteiger partial charge in [0.15, 0.2) is 23.0 Å². The molecule has 1 atom stereocenters. The van der Waals surface area contributed by atoms with Crippen LogP contribution in [0.5, 0.6) is 17.2 Å². The highest BCUT2D eigenvalue weighted by atomic mass is 16.6. The zero-order valence-corrected chi connectivity index (χ0v) is 17.8. The summed E-state index contributed by atoms with van der Waals surface area (Å²) < 4.78 is 21.8. The number of nitrogens with zero attached hydrogens (tertiary/aromatic N) is 2. The third-order valence-corrected chi connectivity index (χ3v) is 5.15. The summed E-state index contributed by atoms with van der Waals surface area (Å²) in [7, 11) is 5.57. The number of benzene rings is 2. The zero-order chi connectivity index (χ0) is 21.8. The number of hydrogen-bond acceptors (Lipinski definition) is 7. The molecule has 8 heteroatoms. The van der Waals surface area contributed by atoms with E-state index in [0.29, 0.717) is 37.0 Å². The largest absolute Gasteiger partial charge is 0.497 e. The minimum Gasteiger partial charge on any atom is -0.497 e. The highest BCUT2D eigenvalue weighted by molar-refractivity contribution is 5.93. The second kappa shape index (κ2) is 9.09. The van der Waals surface area contributed by atoms with Crippen molar-refractivity contribution in [1.29, 1.82) is 0 Å². The number of rotatable bonds is 7. The van der Waals surface area contributed by atoms with Crippen molar-refractivity contribution in [1.82, 2.24) is 15.4 Å². The Hall–Kier alpha value is -3.52. The average molecular weight is 423 g/mol. The van der Waals surface area contributed by atoms with Crippen molar-refractivity contribution in [3.05, 3.63) is 59.8 Å². The number of ether oxygens (including phenoxy) is 3. The van der Waals surface area contributed by atoms with Crippen LogP contribution in [0.15, 0.2) is 53.1 Å². The molecule has 3 aromatic rings. The monoisotopic (exact) mass is 423 g/mol. The van der Waals surface area contributed by atoms with Gasteiger partial charge in [-0.25, -0.2) is 0 Å². The van der Waals surface area contributed by atoms with Gasteiger partial charge in [-0.15, -0.1) is 0 Å². The lowest BCUT2D eigenvalue weighted by atomic mass is 10.1. The lowest BCUT2D eigenvalue weighted by Crippen LogP contribution is -2.34. The van der Waals surface area contributed by atoms with E-state index in [1.54, 1.807) is 13.2 Å². The summed E-state index contributed by atoms with van der Waals surface area (Å²) in [5, 5.41) is 6.88. The second-order valence-electron chi connectivity index (χ2n) is 7.40. The number of aromatic nitrogens is 1. The lowest BCUT2D eigenvalue weighted by molar-refractivity contribution is 0.0933. The normalized spacial score (nSPS) is 13.7. The molecule has 4 rings (SSSR count). The van der Waals surface area contributed by atoms with Crippen molar-refractivity contribution >= 4 is 5.91 Å². The van der Waals surface area contributed by atoms with Crippen molar-refractivity contribution in [3.8, 4) is 28.6 Å². The smallest absolute Gasteiger partial charge is 0.273 e. The fourth-order valence-electron chi connectivity index (χ4n) is 3.42. The molecule has 0 saturated heterocycles. The number of carbonyl (C=O) groups is 1. The Bertz CT molecular complexity index is 1050. The molecule has 0 radical (unpaired) electrons. The van der Waals surface area contributed by atoms with Gasteiger partial charge in [-0.2, -0.15) is 0 Å². The molecule has 1 unspecified atom stereocenters. The molecule has 0 spiro atoms. The number of amides is 1. The Kier molecular flexibility index (Phi) is 6.08. The molecule has 2 aromatic carbocycles. The zero-order valence-electron chi connectivity index (χ0n) is 17.8. The predicted octanol–water partition coefficient (Wildman–Crippen LogP) is 3.15. The van der Waals surface area contributed by atoms with E-state index in [9.17, 15) is 4.79 Å². The van der Waals surface area contributed by atoms with E-state index in [4.69, 9.17) is 18.7 Å². The van der Waals surface area contributed by atoms with Gasteiger partial charge in [0.1, 0.15) is 19.0 Å². The number of methoxy groups -OCH3 is 1. The third-order valence-electron chi connectivity index (χ3n) is 5.15. The van der Waals surface area contributed by atoms with Crippen molar-refractivity contribution in [2.45, 2.75) is 6.04 Å². The molecule has 0 fully saturated rings. The maximum Gasteiger partial charge on any atom is 0.273 e. The van der Waals surface area contributed by atoms with Gasteiger partial charge in [0.2, 0.25) is 0 Å². The van der Waals surface area contributed by atoms with Crippen LogP contribution in [0.3, 0.4) is 0 Å². The Morgan fingerprint density at radius 3 is 2.55 bits per heavy atom. The summed E-state index contributed by atoms with van der Waals surface area (Å²) in [5.74, 6) is 2.33. The maximum atomic E-state index is 12.7. The number of nitrogens with one attached hydrogen (secondary N) is 1. The molecule has 1 aliphatic rings. The van der Waals surface area contributed by atoms with E-state index in [1.165, 1.54) is 0 Å². The quantitative estimate of drug-likeness (QED) is 0.625. The Morgan fingerprint density at radius 2 is 1.84 bits per heavy atom. The van der Waals surface area contributed by atoms with E-state index < -0.39 is 0 Å². The number of likely N-dealkylation sites (N-methyl/N-ethyl adjacent to an activating group) is 1. The number of carbonyl (C=O) groups excluding carboxylic acids is 1. The van der Waals surface area contributed by atoms with E-state index in [2.05, 4.69) is 10.5 Å². The number of fused-ring (bicyclic) bond motifs is 1. The van der Waals surface area contributed by atoms with Crippen molar-refractivity contribution < 1.29 is 23.5 Å². The van der Waals surface area contributed by atoms with Gasteiger partial charge in [0.05, 0.1) is 13.2 Å². The molecule has 2 heterocycles. The van der Waals surface area contributed by atoms with Crippen LogP contribution in [-0.2, 0) is 0 Å². The van der Waals surface area contributed by atoms with Gasteiger partial charge in [0, 0.05) is 18.2 Å². The van der Waals surface area contributed by atoms with Gasteiger partial charge in [0.25, 0.3) is 5.91 Å². The van der Waals surface area contributed by atoms with Crippen molar-refractivity contribution in [3.63, 3.8) is 0 Å². The van der Waals surface area contributed by atoms with E-state index in [-0.39, 0.29) is 17.6 Å². The minimum absolute atomic E-state index is 0.000905.